The molecule has 1 N–H and O–H groups in total. The fourth-order valence-electron chi connectivity index (χ4n) is 1.69. The molecular formula is C10H20O3. The van der Waals surface area contributed by atoms with Crippen molar-refractivity contribution in [3.8, 4) is 0 Å². The second kappa shape index (κ2) is 4.94. The Bertz CT molecular complexity index is 138. The maximum absolute atomic E-state index is 9.80. The highest BCUT2D eigenvalue weighted by Crippen LogP contribution is 2.38. The van der Waals surface area contributed by atoms with E-state index in [4.69, 9.17) is 9.47 Å². The second-order valence-corrected chi connectivity index (χ2v) is 3.71. The van der Waals surface area contributed by atoms with E-state index in [0.29, 0.717) is 6.61 Å². The SMILES string of the molecule is CCCOCC(O)C1(OC)CCC1. The van der Waals surface area contributed by atoms with Crippen molar-refractivity contribution in [3.05, 3.63) is 0 Å². The number of aliphatic hydroxyl groups excluding tert-OH is 1. The van der Waals surface area contributed by atoms with Gasteiger partial charge in [0, 0.05) is 13.7 Å². The van der Waals surface area contributed by atoms with Crippen molar-refractivity contribution >= 4 is 0 Å². The smallest absolute Gasteiger partial charge is 0.106 e. The molecule has 1 atom stereocenters. The van der Waals surface area contributed by atoms with E-state index >= 15 is 0 Å². The molecule has 0 aromatic rings. The van der Waals surface area contributed by atoms with Crippen LogP contribution in [0.25, 0.3) is 0 Å². The Labute approximate surface area is 80.0 Å². The van der Waals surface area contributed by atoms with Crippen LogP contribution in [0, 0.1) is 0 Å². The van der Waals surface area contributed by atoms with Crippen LogP contribution in [-0.4, -0.2) is 37.1 Å². The Hall–Kier alpha value is -0.120. The fraction of sp³-hybridized carbons (Fsp3) is 1.00. The first kappa shape index (κ1) is 11.0. The average Bonchev–Trinajstić information content (AvgIpc) is 2.04. The van der Waals surface area contributed by atoms with Crippen molar-refractivity contribution in [1.82, 2.24) is 0 Å². The number of aliphatic hydroxyl groups is 1. The molecule has 0 aromatic heterocycles. The standard InChI is InChI=1S/C10H20O3/c1-3-7-13-8-9(11)10(12-2)5-4-6-10/h9,11H,3-8H2,1-2H3. The molecule has 1 unspecified atom stereocenters. The Morgan fingerprint density at radius 1 is 1.46 bits per heavy atom. The lowest BCUT2D eigenvalue weighted by molar-refractivity contribution is -0.167. The number of rotatable bonds is 6. The molecule has 0 aliphatic heterocycles. The summed E-state index contributed by atoms with van der Waals surface area (Å²) in [6, 6.07) is 0. The van der Waals surface area contributed by atoms with E-state index in [9.17, 15) is 5.11 Å². The van der Waals surface area contributed by atoms with E-state index in [0.717, 1.165) is 32.3 Å². The van der Waals surface area contributed by atoms with Gasteiger partial charge in [-0.3, -0.25) is 0 Å². The van der Waals surface area contributed by atoms with Crippen molar-refractivity contribution in [2.24, 2.45) is 0 Å². The zero-order valence-corrected chi connectivity index (χ0v) is 8.58. The average molecular weight is 188 g/mol. The highest BCUT2D eigenvalue weighted by molar-refractivity contribution is 4.95. The first-order chi connectivity index (χ1) is 6.25. The van der Waals surface area contributed by atoms with Crippen LogP contribution >= 0.6 is 0 Å². The molecule has 1 rings (SSSR count). The van der Waals surface area contributed by atoms with Crippen LogP contribution < -0.4 is 0 Å². The first-order valence-corrected chi connectivity index (χ1v) is 5.06. The molecule has 0 amide bonds. The van der Waals surface area contributed by atoms with E-state index in [1.807, 2.05) is 0 Å². The highest BCUT2D eigenvalue weighted by Gasteiger charge is 2.43. The van der Waals surface area contributed by atoms with Crippen molar-refractivity contribution in [2.45, 2.75) is 44.3 Å². The minimum atomic E-state index is -0.460. The zero-order valence-electron chi connectivity index (χ0n) is 8.58. The number of ether oxygens (including phenoxy) is 2. The Morgan fingerprint density at radius 3 is 2.54 bits per heavy atom. The lowest BCUT2D eigenvalue weighted by Gasteiger charge is -2.43. The van der Waals surface area contributed by atoms with Gasteiger partial charge in [-0.2, -0.15) is 0 Å². The van der Waals surface area contributed by atoms with Crippen LogP contribution in [0.15, 0.2) is 0 Å². The highest BCUT2D eigenvalue weighted by atomic mass is 16.5. The molecule has 3 heteroatoms. The van der Waals surface area contributed by atoms with Gasteiger partial charge in [-0.1, -0.05) is 6.92 Å². The summed E-state index contributed by atoms with van der Waals surface area (Å²) in [5.74, 6) is 0. The third-order valence-corrected chi connectivity index (χ3v) is 2.84. The largest absolute Gasteiger partial charge is 0.388 e. The maximum atomic E-state index is 9.80. The Morgan fingerprint density at radius 2 is 2.15 bits per heavy atom. The van der Waals surface area contributed by atoms with Crippen molar-refractivity contribution in [1.29, 1.82) is 0 Å². The molecule has 0 saturated heterocycles. The molecule has 0 aromatic carbocycles. The van der Waals surface area contributed by atoms with E-state index in [2.05, 4.69) is 6.92 Å². The summed E-state index contributed by atoms with van der Waals surface area (Å²) in [5, 5.41) is 9.80. The minimum Gasteiger partial charge on any atom is -0.388 e. The zero-order chi connectivity index (χ0) is 9.73. The van der Waals surface area contributed by atoms with Crippen molar-refractivity contribution in [3.63, 3.8) is 0 Å². The van der Waals surface area contributed by atoms with Gasteiger partial charge in [0.25, 0.3) is 0 Å². The number of hydrogen-bond acceptors (Lipinski definition) is 3. The van der Waals surface area contributed by atoms with Crippen LogP contribution in [0.2, 0.25) is 0 Å². The summed E-state index contributed by atoms with van der Waals surface area (Å²) in [6.07, 6.45) is 3.60. The number of methoxy groups -OCH3 is 1. The molecule has 0 heterocycles. The summed E-state index contributed by atoms with van der Waals surface area (Å²) in [6.45, 7) is 3.18. The fourth-order valence-corrected chi connectivity index (χ4v) is 1.69. The van der Waals surface area contributed by atoms with Crippen molar-refractivity contribution in [2.75, 3.05) is 20.3 Å². The van der Waals surface area contributed by atoms with Gasteiger partial charge in [-0.05, 0) is 25.7 Å². The van der Waals surface area contributed by atoms with Gasteiger partial charge in [0.2, 0.25) is 0 Å². The normalized spacial score (nSPS) is 22.4. The number of hydrogen-bond donors (Lipinski definition) is 1. The molecule has 3 nitrogen and oxygen atoms in total. The predicted octanol–water partition coefficient (Wildman–Crippen LogP) is 1.34. The molecular weight excluding hydrogens is 168 g/mol. The van der Waals surface area contributed by atoms with Crippen LogP contribution in [0.5, 0.6) is 0 Å². The predicted molar refractivity (Wildman–Crippen MR) is 50.7 cm³/mol. The van der Waals surface area contributed by atoms with Gasteiger partial charge >= 0.3 is 0 Å². The van der Waals surface area contributed by atoms with E-state index in [1.165, 1.54) is 0 Å². The van der Waals surface area contributed by atoms with Crippen LogP contribution in [0.4, 0.5) is 0 Å². The van der Waals surface area contributed by atoms with E-state index in [-0.39, 0.29) is 5.60 Å². The monoisotopic (exact) mass is 188 g/mol. The third kappa shape index (κ3) is 2.42. The van der Waals surface area contributed by atoms with Crippen molar-refractivity contribution < 1.29 is 14.6 Å². The summed E-state index contributed by atoms with van der Waals surface area (Å²) in [7, 11) is 1.67. The molecule has 78 valence electrons. The summed E-state index contributed by atoms with van der Waals surface area (Å²) >= 11 is 0. The van der Waals surface area contributed by atoms with Gasteiger partial charge in [0.05, 0.1) is 12.2 Å². The molecule has 1 saturated carbocycles. The summed E-state index contributed by atoms with van der Waals surface area (Å²) in [5.41, 5.74) is -0.298. The van der Waals surface area contributed by atoms with E-state index < -0.39 is 6.10 Å². The maximum Gasteiger partial charge on any atom is 0.106 e. The summed E-state index contributed by atoms with van der Waals surface area (Å²) < 4.78 is 10.6. The topological polar surface area (TPSA) is 38.7 Å². The Balaban J connectivity index is 2.24. The second-order valence-electron chi connectivity index (χ2n) is 3.71. The molecule has 0 bridgehead atoms. The molecule has 1 aliphatic carbocycles. The van der Waals surface area contributed by atoms with Crippen LogP contribution in [-0.2, 0) is 9.47 Å². The molecule has 1 fully saturated rings. The molecule has 1 aliphatic rings. The third-order valence-electron chi connectivity index (χ3n) is 2.84. The van der Waals surface area contributed by atoms with E-state index in [1.54, 1.807) is 7.11 Å². The molecule has 0 radical (unpaired) electrons. The van der Waals surface area contributed by atoms with Gasteiger partial charge in [0.15, 0.2) is 0 Å². The molecule has 13 heavy (non-hydrogen) atoms. The minimum absolute atomic E-state index is 0.298. The molecule has 0 spiro atoms. The van der Waals surface area contributed by atoms with Gasteiger partial charge in [0.1, 0.15) is 6.10 Å². The quantitative estimate of drug-likeness (QED) is 0.639. The van der Waals surface area contributed by atoms with Gasteiger partial charge in [-0.25, -0.2) is 0 Å². The lowest BCUT2D eigenvalue weighted by atomic mass is 9.76. The lowest BCUT2D eigenvalue weighted by Crippen LogP contribution is -2.51. The van der Waals surface area contributed by atoms with Gasteiger partial charge in [-0.15, -0.1) is 0 Å². The summed E-state index contributed by atoms with van der Waals surface area (Å²) in [4.78, 5) is 0. The van der Waals surface area contributed by atoms with Crippen LogP contribution in [0.3, 0.4) is 0 Å². The van der Waals surface area contributed by atoms with Gasteiger partial charge < -0.3 is 14.6 Å². The Kier molecular flexibility index (Phi) is 4.16. The first-order valence-electron chi connectivity index (χ1n) is 5.06. The van der Waals surface area contributed by atoms with Crippen LogP contribution in [0.1, 0.15) is 32.6 Å².